The lowest BCUT2D eigenvalue weighted by atomic mass is 9.85. The number of hydrogen-bond donors (Lipinski definition) is 1. The van der Waals surface area contributed by atoms with Gasteiger partial charge in [-0.2, -0.15) is 0 Å². The van der Waals surface area contributed by atoms with Crippen LogP contribution in [0.25, 0.3) is 49.0 Å². The molecule has 0 saturated heterocycles. The van der Waals surface area contributed by atoms with Gasteiger partial charge in [0.2, 0.25) is 0 Å². The van der Waals surface area contributed by atoms with Crippen molar-refractivity contribution in [1.29, 1.82) is 5.41 Å². The lowest BCUT2D eigenvalue weighted by Gasteiger charge is -2.23. The monoisotopic (exact) mass is 537 g/mol. The predicted octanol–water partition coefficient (Wildman–Crippen LogP) is 11.4. The van der Waals surface area contributed by atoms with Crippen molar-refractivity contribution in [3.8, 4) is 11.1 Å². The molecular weight excluding hydrogens is 501 g/mol. The summed E-state index contributed by atoms with van der Waals surface area (Å²) in [5.41, 5.74) is 5.42. The summed E-state index contributed by atoms with van der Waals surface area (Å²) in [5.74, 6) is 0. The zero-order valence-corrected chi connectivity index (χ0v) is 24.5. The Morgan fingerprint density at radius 1 is 0.775 bits per heavy atom. The zero-order valence-electron chi connectivity index (χ0n) is 23.6. The molecule has 1 aliphatic heterocycles. The van der Waals surface area contributed by atoms with Crippen LogP contribution in [0.5, 0.6) is 0 Å². The molecule has 1 aliphatic rings. The van der Waals surface area contributed by atoms with Crippen molar-refractivity contribution in [1.82, 2.24) is 0 Å². The van der Waals surface area contributed by atoms with Gasteiger partial charge in [-0.1, -0.05) is 123 Å². The number of hydrogen-bond acceptors (Lipinski definition) is 1. The Labute approximate surface area is 239 Å². The number of allylic oxidation sites excluding steroid dienone is 7. The Morgan fingerprint density at radius 3 is 1.90 bits per heavy atom. The van der Waals surface area contributed by atoms with Crippen LogP contribution in [0.2, 0.25) is 0 Å². The molecule has 1 heterocycles. The summed E-state index contributed by atoms with van der Waals surface area (Å²) in [7, 11) is -0.509. The van der Waals surface area contributed by atoms with E-state index in [4.69, 9.17) is 5.41 Å². The van der Waals surface area contributed by atoms with Crippen molar-refractivity contribution in [2.45, 2.75) is 25.9 Å². The maximum absolute atomic E-state index is 8.07. The van der Waals surface area contributed by atoms with Crippen LogP contribution in [0, 0.1) is 5.41 Å². The molecule has 198 valence electrons. The standard InChI is InChI=1S/C35H30NP.C3H6/c1-3-11-33-32(19-10-14-27(23-36)37(33)2)35-30-17-8-6-15-28(30)34(29-16-7-9-18-31(29)35)26-21-20-24-12-4-5-13-25(24)22-26;1-3-2/h3-13,15-23,27,36H,14H2,1-2H3;3H,1H2,2H3/b11-3-,36-23?;. The van der Waals surface area contributed by atoms with Crippen molar-refractivity contribution in [2.24, 2.45) is 0 Å². The second kappa shape index (κ2) is 12.4. The highest BCUT2D eigenvalue weighted by Gasteiger charge is 2.24. The molecule has 0 aliphatic carbocycles. The zero-order chi connectivity index (χ0) is 28.1. The summed E-state index contributed by atoms with van der Waals surface area (Å²) in [6.45, 7) is 9.68. The summed E-state index contributed by atoms with van der Waals surface area (Å²) in [6.07, 6.45) is 13.4. The van der Waals surface area contributed by atoms with E-state index >= 15 is 0 Å². The van der Waals surface area contributed by atoms with Crippen LogP contribution in [-0.4, -0.2) is 18.5 Å². The maximum atomic E-state index is 8.07. The van der Waals surface area contributed by atoms with Gasteiger partial charge in [-0.3, -0.25) is 0 Å². The van der Waals surface area contributed by atoms with Crippen LogP contribution in [0.4, 0.5) is 0 Å². The van der Waals surface area contributed by atoms with Gasteiger partial charge in [0.15, 0.2) is 0 Å². The van der Waals surface area contributed by atoms with Crippen LogP contribution in [0.3, 0.4) is 0 Å². The second-order valence-corrected chi connectivity index (χ2v) is 12.5. The van der Waals surface area contributed by atoms with Crippen LogP contribution in [-0.2, 0) is 0 Å². The summed E-state index contributed by atoms with van der Waals surface area (Å²) >= 11 is 0. The molecule has 2 heteroatoms. The third-order valence-electron chi connectivity index (χ3n) is 7.57. The quantitative estimate of drug-likeness (QED) is 0.102. The third-order valence-corrected chi connectivity index (χ3v) is 10.1. The number of fused-ring (bicyclic) bond motifs is 3. The van der Waals surface area contributed by atoms with Gasteiger partial charge >= 0.3 is 0 Å². The van der Waals surface area contributed by atoms with Crippen molar-refractivity contribution < 1.29 is 0 Å². The Balaban J connectivity index is 0.00000103. The first-order chi connectivity index (χ1) is 19.6. The van der Waals surface area contributed by atoms with E-state index in [1.54, 1.807) is 12.3 Å². The van der Waals surface area contributed by atoms with E-state index in [9.17, 15) is 0 Å². The fourth-order valence-corrected chi connectivity index (χ4v) is 7.74. The molecule has 5 aromatic rings. The molecule has 0 fully saturated rings. The highest BCUT2D eigenvalue weighted by molar-refractivity contribution is 7.63. The van der Waals surface area contributed by atoms with E-state index in [2.05, 4.69) is 135 Å². The fraction of sp³-hybridized carbons (Fsp3) is 0.132. The molecule has 0 aromatic heterocycles. The van der Waals surface area contributed by atoms with E-state index in [0.29, 0.717) is 0 Å². The van der Waals surface area contributed by atoms with Crippen molar-refractivity contribution >= 4 is 52.0 Å². The van der Waals surface area contributed by atoms with Crippen LogP contribution in [0.1, 0.15) is 25.8 Å². The van der Waals surface area contributed by atoms with Crippen molar-refractivity contribution in [3.05, 3.63) is 139 Å². The Kier molecular flexibility index (Phi) is 8.54. The second-order valence-electron chi connectivity index (χ2n) is 10.1. The van der Waals surface area contributed by atoms with Crippen LogP contribution < -0.4 is 0 Å². The molecule has 0 saturated carbocycles. The summed E-state index contributed by atoms with van der Waals surface area (Å²) in [4.78, 5) is 0. The SMILES string of the molecule is C/C=C\C1=C(c2c3ccccc3c(-c3ccc4ccccc4c3)c3ccccc23)C=CCC(C=N)P1C.C=CC. The first-order valence-corrected chi connectivity index (χ1v) is 15.8. The minimum atomic E-state index is -0.509. The molecule has 0 spiro atoms. The molecule has 2 unspecified atom stereocenters. The lowest BCUT2D eigenvalue weighted by molar-refractivity contribution is 1.12. The number of nitrogens with one attached hydrogen (secondary N) is 1. The van der Waals surface area contributed by atoms with Gasteiger partial charge in [-0.25, -0.2) is 0 Å². The lowest BCUT2D eigenvalue weighted by Crippen LogP contribution is -2.05. The van der Waals surface area contributed by atoms with Crippen molar-refractivity contribution in [3.63, 3.8) is 0 Å². The minimum Gasteiger partial charge on any atom is -0.312 e. The van der Waals surface area contributed by atoms with Gasteiger partial charge in [0.05, 0.1) is 0 Å². The van der Waals surface area contributed by atoms with Gasteiger partial charge in [-0.15, -0.1) is 6.58 Å². The average Bonchev–Trinajstić information content (AvgIpc) is 3.14. The molecular formula is C38H36NP. The molecule has 0 amide bonds. The summed E-state index contributed by atoms with van der Waals surface area (Å²) in [6, 6.07) is 33.2. The molecule has 1 nitrogen and oxygen atoms in total. The third kappa shape index (κ3) is 5.10. The van der Waals surface area contributed by atoms with E-state index in [0.717, 1.165) is 6.42 Å². The van der Waals surface area contributed by atoms with E-state index < -0.39 is 7.92 Å². The van der Waals surface area contributed by atoms with E-state index in [1.807, 2.05) is 6.92 Å². The highest BCUT2D eigenvalue weighted by Crippen LogP contribution is 2.54. The molecule has 0 bridgehead atoms. The first kappa shape index (κ1) is 27.5. The first-order valence-electron chi connectivity index (χ1n) is 13.9. The Morgan fingerprint density at radius 2 is 1.32 bits per heavy atom. The molecule has 6 rings (SSSR count). The van der Waals surface area contributed by atoms with Gasteiger partial charge in [0, 0.05) is 11.9 Å². The highest BCUT2D eigenvalue weighted by atomic mass is 31.1. The predicted molar refractivity (Wildman–Crippen MR) is 181 cm³/mol. The Bertz CT molecular complexity index is 1750. The van der Waals surface area contributed by atoms with Gasteiger partial charge in [-0.05, 0) is 92.9 Å². The molecule has 40 heavy (non-hydrogen) atoms. The van der Waals surface area contributed by atoms with Crippen LogP contribution >= 0.6 is 7.92 Å². The largest absolute Gasteiger partial charge is 0.312 e. The van der Waals surface area contributed by atoms with E-state index in [1.165, 1.54) is 59.9 Å². The number of rotatable bonds is 4. The van der Waals surface area contributed by atoms with Gasteiger partial charge in [0.1, 0.15) is 0 Å². The fourth-order valence-electron chi connectivity index (χ4n) is 5.77. The molecule has 2 atom stereocenters. The average molecular weight is 538 g/mol. The minimum absolute atomic E-state index is 0.268. The number of benzene rings is 5. The van der Waals surface area contributed by atoms with E-state index in [-0.39, 0.29) is 5.66 Å². The Hall–Kier alpha value is -4.06. The van der Waals surface area contributed by atoms with Gasteiger partial charge in [0.25, 0.3) is 0 Å². The summed E-state index contributed by atoms with van der Waals surface area (Å²) < 4.78 is 0. The molecule has 1 N–H and O–H groups in total. The van der Waals surface area contributed by atoms with Crippen molar-refractivity contribution in [2.75, 3.05) is 6.66 Å². The van der Waals surface area contributed by atoms with Gasteiger partial charge < -0.3 is 5.41 Å². The molecule has 5 aromatic carbocycles. The maximum Gasteiger partial charge on any atom is 0.0211 e. The normalized spacial score (nSPS) is 17.2. The smallest absolute Gasteiger partial charge is 0.0211 e. The van der Waals surface area contributed by atoms with Crippen LogP contribution in [0.15, 0.2) is 133 Å². The topological polar surface area (TPSA) is 23.9 Å². The summed E-state index contributed by atoms with van der Waals surface area (Å²) in [5, 5.41) is 17.1. The molecule has 0 radical (unpaired) electrons.